The van der Waals surface area contributed by atoms with E-state index >= 15 is 0 Å². The highest BCUT2D eigenvalue weighted by Crippen LogP contribution is 2.58. The van der Waals surface area contributed by atoms with E-state index in [0.29, 0.717) is 0 Å². The predicted molar refractivity (Wildman–Crippen MR) is 59.2 cm³/mol. The second kappa shape index (κ2) is 5.01. The topological polar surface area (TPSA) is 84.9 Å². The Kier molecular flexibility index (Phi) is 4.11. The molecule has 1 aliphatic rings. The minimum absolute atomic E-state index is 0.213. The Morgan fingerprint density at radius 1 is 1.29 bits per heavy atom. The molecule has 0 saturated heterocycles. The lowest BCUT2D eigenvalue weighted by atomic mass is 10.1. The first-order valence-corrected chi connectivity index (χ1v) is 5.42. The van der Waals surface area contributed by atoms with Gasteiger partial charge in [0.2, 0.25) is 5.91 Å². The molecule has 0 aromatic rings. The van der Waals surface area contributed by atoms with Gasteiger partial charge in [-0.2, -0.15) is 0 Å². The van der Waals surface area contributed by atoms with Crippen molar-refractivity contribution in [3.63, 3.8) is 0 Å². The molecule has 0 aromatic carbocycles. The summed E-state index contributed by atoms with van der Waals surface area (Å²) in [6.07, 6.45) is -0.510. The molecule has 0 aliphatic heterocycles. The SMILES string of the molecule is COC(CNC(=O)[C@H]1[C@@H](C(=O)O)C1(C)C)OC. The fourth-order valence-electron chi connectivity index (χ4n) is 2.14. The highest BCUT2D eigenvalue weighted by molar-refractivity contribution is 5.91. The van der Waals surface area contributed by atoms with Crippen LogP contribution in [0, 0.1) is 17.3 Å². The van der Waals surface area contributed by atoms with Crippen LogP contribution in [0.5, 0.6) is 0 Å². The molecule has 2 N–H and O–H groups in total. The number of rotatable bonds is 6. The van der Waals surface area contributed by atoms with Crippen molar-refractivity contribution in [2.75, 3.05) is 20.8 Å². The lowest BCUT2D eigenvalue weighted by Gasteiger charge is -2.14. The average molecular weight is 245 g/mol. The first-order valence-electron chi connectivity index (χ1n) is 5.42. The van der Waals surface area contributed by atoms with Crippen LogP contribution in [0.2, 0.25) is 0 Å². The highest BCUT2D eigenvalue weighted by atomic mass is 16.7. The molecule has 2 atom stereocenters. The van der Waals surface area contributed by atoms with Crippen LogP contribution in [0.1, 0.15) is 13.8 Å². The molecule has 1 saturated carbocycles. The van der Waals surface area contributed by atoms with Crippen LogP contribution >= 0.6 is 0 Å². The van der Waals surface area contributed by atoms with Crippen molar-refractivity contribution in [2.24, 2.45) is 17.3 Å². The number of carbonyl (C=O) groups excluding carboxylic acids is 1. The molecule has 0 unspecified atom stereocenters. The fourth-order valence-corrected chi connectivity index (χ4v) is 2.14. The second-order valence-electron chi connectivity index (χ2n) is 4.76. The Balaban J connectivity index is 2.48. The highest BCUT2D eigenvalue weighted by Gasteiger charge is 2.65. The number of hydrogen-bond donors (Lipinski definition) is 2. The molecule has 1 amide bonds. The van der Waals surface area contributed by atoms with E-state index in [1.54, 1.807) is 13.8 Å². The predicted octanol–water partition coefficient (Wildman–Crippen LogP) is 0.0783. The average Bonchev–Trinajstić information content (AvgIpc) is 2.83. The zero-order valence-electron chi connectivity index (χ0n) is 10.5. The molecule has 1 fully saturated rings. The zero-order chi connectivity index (χ0) is 13.2. The molecule has 0 spiro atoms. The van der Waals surface area contributed by atoms with Gasteiger partial charge in [-0.3, -0.25) is 9.59 Å². The molecular weight excluding hydrogens is 226 g/mol. The van der Waals surface area contributed by atoms with Gasteiger partial charge in [0.25, 0.3) is 0 Å². The number of aliphatic carboxylic acids is 1. The standard InChI is InChI=1S/C11H19NO5/c1-11(2)7(8(11)10(14)15)9(13)12-5-6(16-3)17-4/h6-8H,5H2,1-4H3,(H,12,13)(H,14,15)/t7-,8+/m1/s1. The number of methoxy groups -OCH3 is 2. The van der Waals surface area contributed by atoms with Gasteiger partial charge in [-0.25, -0.2) is 0 Å². The van der Waals surface area contributed by atoms with Gasteiger partial charge in [-0.1, -0.05) is 13.8 Å². The monoisotopic (exact) mass is 245 g/mol. The third-order valence-electron chi connectivity index (χ3n) is 3.34. The Morgan fingerprint density at radius 2 is 1.82 bits per heavy atom. The smallest absolute Gasteiger partial charge is 0.307 e. The summed E-state index contributed by atoms with van der Waals surface area (Å²) >= 11 is 0. The van der Waals surface area contributed by atoms with Crippen molar-refractivity contribution in [2.45, 2.75) is 20.1 Å². The lowest BCUT2D eigenvalue weighted by molar-refractivity contribution is -0.140. The third kappa shape index (κ3) is 2.76. The van der Waals surface area contributed by atoms with Gasteiger partial charge < -0.3 is 19.9 Å². The van der Waals surface area contributed by atoms with Crippen molar-refractivity contribution < 1.29 is 24.2 Å². The Bertz CT molecular complexity index is 311. The molecule has 0 bridgehead atoms. The molecule has 0 aromatic heterocycles. The summed E-state index contributed by atoms with van der Waals surface area (Å²) in [4.78, 5) is 22.7. The van der Waals surface area contributed by atoms with E-state index in [9.17, 15) is 9.59 Å². The summed E-state index contributed by atoms with van der Waals surface area (Å²) in [5.74, 6) is -2.27. The lowest BCUT2D eigenvalue weighted by Crippen LogP contribution is -2.36. The van der Waals surface area contributed by atoms with Crippen molar-refractivity contribution in [3.05, 3.63) is 0 Å². The van der Waals surface area contributed by atoms with Gasteiger partial charge in [-0.05, 0) is 5.41 Å². The summed E-state index contributed by atoms with van der Waals surface area (Å²) in [6.45, 7) is 3.77. The van der Waals surface area contributed by atoms with Crippen LogP contribution in [0.4, 0.5) is 0 Å². The maximum atomic E-state index is 11.8. The van der Waals surface area contributed by atoms with E-state index < -0.39 is 29.5 Å². The van der Waals surface area contributed by atoms with Gasteiger partial charge in [-0.15, -0.1) is 0 Å². The van der Waals surface area contributed by atoms with Gasteiger partial charge in [0, 0.05) is 14.2 Å². The number of hydrogen-bond acceptors (Lipinski definition) is 4. The molecule has 0 radical (unpaired) electrons. The van der Waals surface area contributed by atoms with Gasteiger partial charge in [0.15, 0.2) is 6.29 Å². The van der Waals surface area contributed by atoms with E-state index in [0.717, 1.165) is 0 Å². The Morgan fingerprint density at radius 3 is 2.18 bits per heavy atom. The zero-order valence-corrected chi connectivity index (χ0v) is 10.5. The minimum atomic E-state index is -0.926. The molecule has 98 valence electrons. The summed E-state index contributed by atoms with van der Waals surface area (Å²) in [6, 6.07) is 0. The van der Waals surface area contributed by atoms with Crippen LogP contribution in [-0.4, -0.2) is 44.0 Å². The molecular formula is C11H19NO5. The van der Waals surface area contributed by atoms with Crippen molar-refractivity contribution in [1.29, 1.82) is 0 Å². The number of carboxylic acids is 1. The largest absolute Gasteiger partial charge is 0.481 e. The van der Waals surface area contributed by atoms with E-state index in [2.05, 4.69) is 5.32 Å². The van der Waals surface area contributed by atoms with Crippen molar-refractivity contribution >= 4 is 11.9 Å². The molecule has 1 aliphatic carbocycles. The minimum Gasteiger partial charge on any atom is -0.481 e. The molecule has 6 heteroatoms. The van der Waals surface area contributed by atoms with E-state index in [1.165, 1.54) is 14.2 Å². The van der Waals surface area contributed by atoms with E-state index in [-0.39, 0.29) is 12.5 Å². The normalized spacial score (nSPS) is 25.7. The van der Waals surface area contributed by atoms with Crippen LogP contribution in [0.3, 0.4) is 0 Å². The third-order valence-corrected chi connectivity index (χ3v) is 3.34. The Labute approximate surface area is 100 Å². The molecule has 1 rings (SSSR count). The first kappa shape index (κ1) is 13.9. The Hall–Kier alpha value is -1.14. The quantitative estimate of drug-likeness (QED) is 0.647. The maximum absolute atomic E-state index is 11.8. The number of nitrogens with one attached hydrogen (secondary N) is 1. The van der Waals surface area contributed by atoms with E-state index in [4.69, 9.17) is 14.6 Å². The maximum Gasteiger partial charge on any atom is 0.307 e. The van der Waals surface area contributed by atoms with Gasteiger partial charge in [0.05, 0.1) is 18.4 Å². The molecule has 17 heavy (non-hydrogen) atoms. The number of amides is 1. The van der Waals surface area contributed by atoms with Crippen LogP contribution < -0.4 is 5.32 Å². The van der Waals surface area contributed by atoms with Gasteiger partial charge in [0.1, 0.15) is 0 Å². The fraction of sp³-hybridized carbons (Fsp3) is 0.818. The number of carboxylic acid groups (broad SMARTS) is 1. The number of carbonyl (C=O) groups is 2. The number of ether oxygens (including phenoxy) is 2. The van der Waals surface area contributed by atoms with Crippen LogP contribution in [0.25, 0.3) is 0 Å². The van der Waals surface area contributed by atoms with Gasteiger partial charge >= 0.3 is 5.97 Å². The summed E-state index contributed by atoms with van der Waals surface area (Å²) in [7, 11) is 2.95. The second-order valence-corrected chi connectivity index (χ2v) is 4.76. The first-order chi connectivity index (χ1) is 7.86. The molecule has 6 nitrogen and oxygen atoms in total. The summed E-state index contributed by atoms with van der Waals surface area (Å²) in [5.41, 5.74) is -0.481. The van der Waals surface area contributed by atoms with Crippen molar-refractivity contribution in [3.8, 4) is 0 Å². The summed E-state index contributed by atoms with van der Waals surface area (Å²) < 4.78 is 9.85. The van der Waals surface area contributed by atoms with Crippen LogP contribution in [0.15, 0.2) is 0 Å². The molecule has 0 heterocycles. The van der Waals surface area contributed by atoms with Crippen LogP contribution in [-0.2, 0) is 19.1 Å². The van der Waals surface area contributed by atoms with E-state index in [1.807, 2.05) is 0 Å². The summed E-state index contributed by atoms with van der Waals surface area (Å²) in [5, 5.41) is 11.6. The van der Waals surface area contributed by atoms with Crippen molar-refractivity contribution in [1.82, 2.24) is 5.32 Å².